The number of nitriles is 1. The molecule has 0 saturated carbocycles. The number of Topliss-reactive ketones (excluding diaryl/α,β-unsaturated/α-hetero) is 1. The number of fused-ring (bicyclic) bond motifs is 1. The molecule has 0 aliphatic heterocycles. The van der Waals surface area contributed by atoms with Crippen LogP contribution in [0.2, 0.25) is 0 Å². The average Bonchev–Trinajstić information content (AvgIpc) is 2.40. The fourth-order valence-electron chi connectivity index (χ4n) is 2.06. The highest BCUT2D eigenvalue weighted by Crippen LogP contribution is 2.42. The van der Waals surface area contributed by atoms with E-state index in [4.69, 9.17) is 5.26 Å². The Kier molecular flexibility index (Phi) is 2.40. The Morgan fingerprint density at radius 3 is 2.73 bits per heavy atom. The highest BCUT2D eigenvalue weighted by atomic mass is 32.2. The van der Waals surface area contributed by atoms with Crippen LogP contribution in [-0.4, -0.2) is 5.78 Å². The summed E-state index contributed by atoms with van der Waals surface area (Å²) in [5.41, 5.74) is 1.57. The fourth-order valence-corrected chi connectivity index (χ4v) is 3.47. The zero-order valence-electron chi connectivity index (χ0n) is 8.63. The van der Waals surface area contributed by atoms with Crippen molar-refractivity contribution in [3.05, 3.63) is 16.0 Å². The van der Waals surface area contributed by atoms with Gasteiger partial charge in [0.25, 0.3) is 0 Å². The summed E-state index contributed by atoms with van der Waals surface area (Å²) in [6.07, 6.45) is 1.35. The maximum atomic E-state index is 11.9. The Balaban J connectivity index is 2.63. The Labute approximate surface area is 98.3 Å². The van der Waals surface area contributed by atoms with Crippen molar-refractivity contribution in [1.29, 1.82) is 5.26 Å². The highest BCUT2D eigenvalue weighted by Gasteiger charge is 2.35. The number of ketones is 1. The molecule has 0 N–H and O–H groups in total. The third-order valence-electron chi connectivity index (χ3n) is 2.66. The molecule has 0 radical (unpaired) electrons. The van der Waals surface area contributed by atoms with E-state index in [2.05, 4.69) is 32.5 Å². The quantitative estimate of drug-likeness (QED) is 0.704. The van der Waals surface area contributed by atoms with Gasteiger partial charge in [-0.2, -0.15) is 5.26 Å². The van der Waals surface area contributed by atoms with Crippen LogP contribution in [0.1, 0.15) is 41.1 Å². The maximum absolute atomic E-state index is 11.9. The van der Waals surface area contributed by atoms with Crippen LogP contribution in [-0.2, 0) is 6.42 Å². The monoisotopic (exact) mass is 237 g/mol. The summed E-state index contributed by atoms with van der Waals surface area (Å²) in [4.78, 5) is 12.5. The number of thiol groups is 1. The highest BCUT2D eigenvalue weighted by molar-refractivity contribution is 7.83. The zero-order chi connectivity index (χ0) is 11.2. The number of hydrogen-bond acceptors (Lipinski definition) is 4. The van der Waals surface area contributed by atoms with Crippen LogP contribution in [0, 0.1) is 16.7 Å². The molecule has 4 heteroatoms. The van der Waals surface area contributed by atoms with Crippen LogP contribution in [0.3, 0.4) is 0 Å². The summed E-state index contributed by atoms with van der Waals surface area (Å²) in [7, 11) is 0. The number of carbonyl (C=O) groups excluding carboxylic acids is 1. The number of nitrogens with zero attached hydrogens (tertiary/aromatic N) is 1. The molecule has 78 valence electrons. The molecule has 0 aromatic carbocycles. The van der Waals surface area contributed by atoms with Crippen molar-refractivity contribution in [2.45, 2.75) is 30.9 Å². The molecular formula is C11H11NOS2. The van der Waals surface area contributed by atoms with Gasteiger partial charge < -0.3 is 0 Å². The van der Waals surface area contributed by atoms with Crippen molar-refractivity contribution in [2.24, 2.45) is 5.41 Å². The van der Waals surface area contributed by atoms with Crippen LogP contribution in [0.15, 0.2) is 4.21 Å². The largest absolute Gasteiger partial charge is 0.294 e. The lowest BCUT2D eigenvalue weighted by atomic mass is 9.74. The van der Waals surface area contributed by atoms with Gasteiger partial charge in [0.15, 0.2) is 5.78 Å². The van der Waals surface area contributed by atoms with Gasteiger partial charge in [0, 0.05) is 12.0 Å². The molecule has 1 aromatic heterocycles. The second-order valence-electron chi connectivity index (χ2n) is 4.64. The summed E-state index contributed by atoms with van der Waals surface area (Å²) in [6, 6.07) is 2.15. The molecule has 0 spiro atoms. The van der Waals surface area contributed by atoms with Crippen molar-refractivity contribution >= 4 is 29.7 Å². The van der Waals surface area contributed by atoms with Gasteiger partial charge in [-0.1, -0.05) is 13.8 Å². The maximum Gasteiger partial charge on any atom is 0.165 e. The Hall–Kier alpha value is -0.790. The Morgan fingerprint density at radius 1 is 1.47 bits per heavy atom. The van der Waals surface area contributed by atoms with Crippen LogP contribution in [0.4, 0.5) is 0 Å². The van der Waals surface area contributed by atoms with E-state index < -0.39 is 0 Å². The van der Waals surface area contributed by atoms with Gasteiger partial charge in [0.1, 0.15) is 10.9 Å². The fraction of sp³-hybridized carbons (Fsp3) is 0.455. The third-order valence-corrected chi connectivity index (χ3v) is 4.10. The van der Waals surface area contributed by atoms with Crippen LogP contribution in [0.5, 0.6) is 0 Å². The standard InChI is InChI=1S/C11H11NOS2/c1-11(2)3-6-8(5-12)15-10(14)9(6)7(13)4-11/h14H,3-4H2,1-2H3. The van der Waals surface area contributed by atoms with E-state index in [0.717, 1.165) is 12.0 Å². The van der Waals surface area contributed by atoms with Crippen molar-refractivity contribution in [3.8, 4) is 6.07 Å². The molecule has 0 saturated heterocycles. The molecule has 1 aromatic rings. The minimum absolute atomic E-state index is 0.0308. The Morgan fingerprint density at radius 2 is 2.13 bits per heavy atom. The molecule has 0 amide bonds. The molecule has 15 heavy (non-hydrogen) atoms. The van der Waals surface area contributed by atoms with Crippen molar-refractivity contribution in [3.63, 3.8) is 0 Å². The van der Waals surface area contributed by atoms with Gasteiger partial charge in [-0.15, -0.1) is 24.0 Å². The van der Waals surface area contributed by atoms with E-state index in [0.29, 0.717) is 21.1 Å². The molecule has 2 nitrogen and oxygen atoms in total. The first-order valence-electron chi connectivity index (χ1n) is 4.72. The summed E-state index contributed by atoms with van der Waals surface area (Å²) >= 11 is 5.59. The minimum Gasteiger partial charge on any atom is -0.294 e. The molecule has 1 aliphatic carbocycles. The second-order valence-corrected chi connectivity index (χ2v) is 6.41. The number of hydrogen-bond donors (Lipinski definition) is 1. The molecular weight excluding hydrogens is 226 g/mol. The first kappa shape index (κ1) is 10.7. The van der Waals surface area contributed by atoms with E-state index in [1.54, 1.807) is 0 Å². The molecule has 0 atom stereocenters. The van der Waals surface area contributed by atoms with E-state index in [9.17, 15) is 4.79 Å². The van der Waals surface area contributed by atoms with Crippen molar-refractivity contribution in [2.75, 3.05) is 0 Å². The lowest BCUT2D eigenvalue weighted by molar-refractivity contribution is 0.0910. The Bertz CT molecular complexity index is 480. The van der Waals surface area contributed by atoms with Gasteiger partial charge in [-0.05, 0) is 17.4 Å². The van der Waals surface area contributed by atoms with Crippen molar-refractivity contribution < 1.29 is 4.79 Å². The predicted octanol–water partition coefficient (Wildman–Crippen LogP) is 3.06. The summed E-state index contributed by atoms with van der Waals surface area (Å²) < 4.78 is 0.696. The number of thiophene rings is 1. The predicted molar refractivity (Wildman–Crippen MR) is 62.7 cm³/mol. The molecule has 1 heterocycles. The van der Waals surface area contributed by atoms with Crippen LogP contribution >= 0.6 is 24.0 Å². The lowest BCUT2D eigenvalue weighted by Gasteiger charge is -2.28. The summed E-state index contributed by atoms with van der Waals surface area (Å²) in [5.74, 6) is 0.129. The zero-order valence-corrected chi connectivity index (χ0v) is 10.3. The van der Waals surface area contributed by atoms with Crippen molar-refractivity contribution in [1.82, 2.24) is 0 Å². The summed E-state index contributed by atoms with van der Waals surface area (Å²) in [6.45, 7) is 4.12. The van der Waals surface area contributed by atoms with Gasteiger partial charge in [0.05, 0.1) is 4.21 Å². The molecule has 0 unspecified atom stereocenters. The van der Waals surface area contributed by atoms with E-state index in [1.807, 2.05) is 0 Å². The lowest BCUT2D eigenvalue weighted by Crippen LogP contribution is -2.26. The van der Waals surface area contributed by atoms with Crippen LogP contribution in [0.25, 0.3) is 0 Å². The van der Waals surface area contributed by atoms with Gasteiger partial charge in [-0.3, -0.25) is 4.79 Å². The average molecular weight is 237 g/mol. The first-order chi connectivity index (χ1) is 6.94. The van der Waals surface area contributed by atoms with Gasteiger partial charge in [-0.25, -0.2) is 0 Å². The minimum atomic E-state index is -0.0308. The smallest absolute Gasteiger partial charge is 0.165 e. The van der Waals surface area contributed by atoms with E-state index in [-0.39, 0.29) is 11.2 Å². The third kappa shape index (κ3) is 1.70. The second kappa shape index (κ2) is 3.36. The number of carbonyl (C=O) groups is 1. The molecule has 0 fully saturated rings. The van der Waals surface area contributed by atoms with Gasteiger partial charge >= 0.3 is 0 Å². The SMILES string of the molecule is CC1(C)CC(=O)c2c(S)sc(C#N)c2C1. The van der Waals surface area contributed by atoms with Crippen LogP contribution < -0.4 is 0 Å². The topological polar surface area (TPSA) is 40.9 Å². The summed E-state index contributed by atoms with van der Waals surface area (Å²) in [5, 5.41) is 8.98. The molecule has 1 aliphatic rings. The van der Waals surface area contributed by atoms with E-state index >= 15 is 0 Å². The van der Waals surface area contributed by atoms with E-state index in [1.165, 1.54) is 11.3 Å². The van der Waals surface area contributed by atoms with Gasteiger partial charge in [0.2, 0.25) is 0 Å². The number of rotatable bonds is 0. The first-order valence-corrected chi connectivity index (χ1v) is 5.99. The molecule has 0 bridgehead atoms. The molecule has 2 rings (SSSR count). The normalized spacial score (nSPS) is 18.4.